The van der Waals surface area contributed by atoms with Gasteiger partial charge >= 0.3 is 0 Å². The van der Waals surface area contributed by atoms with Crippen molar-refractivity contribution in [2.75, 3.05) is 0 Å². The Morgan fingerprint density at radius 1 is 0.929 bits per heavy atom. The van der Waals surface area contributed by atoms with E-state index in [0.717, 1.165) is 11.1 Å². The third kappa shape index (κ3) is 3.46. The molecule has 4 rings (SSSR count). The number of hydrogen-bond acceptors (Lipinski definition) is 3. The molecule has 0 aliphatic heterocycles. The van der Waals surface area contributed by atoms with Crippen LogP contribution in [0.5, 0.6) is 0 Å². The van der Waals surface area contributed by atoms with Crippen molar-refractivity contribution in [2.24, 2.45) is 0 Å². The van der Waals surface area contributed by atoms with Gasteiger partial charge in [-0.15, -0.1) is 0 Å². The van der Waals surface area contributed by atoms with Crippen molar-refractivity contribution < 1.29 is 8.42 Å². The molecule has 0 saturated heterocycles. The van der Waals surface area contributed by atoms with Crippen LogP contribution in [0.3, 0.4) is 0 Å². The largest absolute Gasteiger partial charge is 0.270 e. The zero-order valence-corrected chi connectivity index (χ0v) is 16.7. The third-order valence-electron chi connectivity index (χ3n) is 4.38. The molecule has 4 nitrogen and oxygen atoms in total. The van der Waals surface area contributed by atoms with E-state index in [-0.39, 0.29) is 4.90 Å². The van der Waals surface area contributed by atoms with Gasteiger partial charge in [0.25, 0.3) is 10.0 Å². The molecule has 6 heteroatoms. The fourth-order valence-corrected chi connectivity index (χ4v) is 4.71. The van der Waals surface area contributed by atoms with Gasteiger partial charge in [-0.2, -0.15) is 0 Å². The second-order valence-corrected chi connectivity index (χ2v) is 8.65. The van der Waals surface area contributed by atoms with E-state index in [1.807, 2.05) is 43.3 Å². The molecule has 4 aromatic rings. The van der Waals surface area contributed by atoms with Crippen molar-refractivity contribution in [3.8, 4) is 0 Å². The van der Waals surface area contributed by atoms with Crippen LogP contribution in [0.15, 0.2) is 77.7 Å². The Hall–Kier alpha value is -2.89. The van der Waals surface area contributed by atoms with Crippen molar-refractivity contribution in [1.29, 1.82) is 0 Å². The van der Waals surface area contributed by atoms with Crippen molar-refractivity contribution in [3.63, 3.8) is 0 Å². The lowest BCUT2D eigenvalue weighted by Crippen LogP contribution is -2.14. The van der Waals surface area contributed by atoms with Crippen molar-refractivity contribution in [1.82, 2.24) is 8.96 Å². The molecule has 0 aliphatic rings. The molecular weight excluding hydrogens is 392 g/mol. The molecule has 0 amide bonds. The number of para-hydroxylation sites is 2. The van der Waals surface area contributed by atoms with Crippen LogP contribution in [0.4, 0.5) is 0 Å². The van der Waals surface area contributed by atoms with E-state index < -0.39 is 10.0 Å². The summed E-state index contributed by atoms with van der Waals surface area (Å²) in [4.78, 5) is 4.64. The normalized spacial score (nSPS) is 12.1. The molecule has 0 saturated carbocycles. The second kappa shape index (κ2) is 7.26. The van der Waals surface area contributed by atoms with Gasteiger partial charge in [0.2, 0.25) is 0 Å². The molecule has 0 unspecified atom stereocenters. The predicted octanol–water partition coefficient (Wildman–Crippen LogP) is 5.41. The first-order chi connectivity index (χ1) is 13.4. The number of aryl methyl sites for hydroxylation is 1. The highest BCUT2D eigenvalue weighted by Gasteiger charge is 2.23. The standard InChI is InChI=1S/C22H17ClN2O2S/c1-16-9-11-17(12-10-16)13-14-22-24-20-7-2-3-8-21(20)25(22)28(26,27)19-6-4-5-18(23)15-19/h2-15H,1H3/b14-13+. The zero-order valence-electron chi connectivity index (χ0n) is 15.1. The van der Waals surface area contributed by atoms with E-state index in [2.05, 4.69) is 4.98 Å². The molecule has 0 bridgehead atoms. The summed E-state index contributed by atoms with van der Waals surface area (Å²) in [5.74, 6) is 0.335. The Kier molecular flexibility index (Phi) is 4.79. The first-order valence-corrected chi connectivity index (χ1v) is 10.5. The molecule has 0 fully saturated rings. The summed E-state index contributed by atoms with van der Waals surface area (Å²) in [7, 11) is -3.87. The van der Waals surface area contributed by atoms with Crippen LogP contribution in [0, 0.1) is 6.92 Å². The summed E-state index contributed by atoms with van der Waals surface area (Å²) in [5.41, 5.74) is 3.25. The highest BCUT2D eigenvalue weighted by atomic mass is 35.5. The smallest absolute Gasteiger partial charge is 0.228 e. The number of rotatable bonds is 4. The van der Waals surface area contributed by atoms with E-state index >= 15 is 0 Å². The van der Waals surface area contributed by atoms with Crippen molar-refractivity contribution in [2.45, 2.75) is 11.8 Å². The van der Waals surface area contributed by atoms with Crippen LogP contribution in [0.2, 0.25) is 5.02 Å². The average molecular weight is 409 g/mol. The molecular formula is C22H17ClN2O2S. The summed E-state index contributed by atoms with van der Waals surface area (Å²) < 4.78 is 28.0. The van der Waals surface area contributed by atoms with Crippen LogP contribution in [-0.4, -0.2) is 17.4 Å². The van der Waals surface area contributed by atoms with E-state index in [9.17, 15) is 8.42 Å². The number of imidazole rings is 1. The number of hydrogen-bond donors (Lipinski definition) is 0. The lowest BCUT2D eigenvalue weighted by Gasteiger charge is -2.09. The number of nitrogens with zero attached hydrogens (tertiary/aromatic N) is 2. The van der Waals surface area contributed by atoms with Gasteiger partial charge in [-0.25, -0.2) is 17.4 Å². The maximum Gasteiger partial charge on any atom is 0.270 e. The Bertz CT molecular complexity index is 1290. The van der Waals surface area contributed by atoms with Crippen molar-refractivity contribution in [3.05, 3.63) is 94.8 Å². The average Bonchev–Trinajstić information content (AvgIpc) is 3.07. The quantitative estimate of drug-likeness (QED) is 0.454. The van der Waals surface area contributed by atoms with Gasteiger partial charge in [-0.1, -0.05) is 65.7 Å². The van der Waals surface area contributed by atoms with Gasteiger partial charge in [0.15, 0.2) is 0 Å². The third-order valence-corrected chi connectivity index (χ3v) is 6.33. The molecule has 0 atom stereocenters. The molecule has 3 aromatic carbocycles. The lowest BCUT2D eigenvalue weighted by molar-refractivity contribution is 0.588. The van der Waals surface area contributed by atoms with Gasteiger partial charge in [0.05, 0.1) is 15.9 Å². The Labute approximate surface area is 168 Å². The summed E-state index contributed by atoms with van der Waals surface area (Å²) >= 11 is 6.02. The summed E-state index contributed by atoms with van der Waals surface area (Å²) in [6.45, 7) is 2.02. The van der Waals surface area contributed by atoms with Crippen LogP contribution in [0.25, 0.3) is 23.2 Å². The maximum atomic E-state index is 13.4. The van der Waals surface area contributed by atoms with Crippen LogP contribution < -0.4 is 0 Å². The molecule has 1 aromatic heterocycles. The molecule has 1 heterocycles. The zero-order chi connectivity index (χ0) is 19.7. The SMILES string of the molecule is Cc1ccc(/C=C/c2nc3ccccc3n2S(=O)(=O)c2cccc(Cl)c2)cc1. The van der Waals surface area contributed by atoms with Crippen LogP contribution >= 0.6 is 11.6 Å². The minimum Gasteiger partial charge on any atom is -0.228 e. The minimum absolute atomic E-state index is 0.119. The van der Waals surface area contributed by atoms with Gasteiger partial charge in [-0.05, 0) is 48.9 Å². The summed E-state index contributed by atoms with van der Waals surface area (Å²) in [5, 5.41) is 0.363. The number of benzene rings is 3. The molecule has 0 radical (unpaired) electrons. The number of halogens is 1. The molecule has 28 heavy (non-hydrogen) atoms. The molecule has 140 valence electrons. The van der Waals surface area contributed by atoms with E-state index in [1.54, 1.807) is 36.4 Å². The topological polar surface area (TPSA) is 52.0 Å². The van der Waals surface area contributed by atoms with Crippen molar-refractivity contribution >= 4 is 44.8 Å². The monoisotopic (exact) mass is 408 g/mol. The summed E-state index contributed by atoms with van der Waals surface area (Å²) in [6, 6.07) is 21.4. The highest BCUT2D eigenvalue weighted by Crippen LogP contribution is 2.26. The predicted molar refractivity (Wildman–Crippen MR) is 114 cm³/mol. The summed E-state index contributed by atoms with van der Waals surface area (Å²) in [6.07, 6.45) is 3.57. The highest BCUT2D eigenvalue weighted by molar-refractivity contribution is 7.90. The minimum atomic E-state index is -3.87. The molecule has 0 aliphatic carbocycles. The number of fused-ring (bicyclic) bond motifs is 1. The lowest BCUT2D eigenvalue weighted by atomic mass is 10.1. The Balaban J connectivity index is 1.89. The van der Waals surface area contributed by atoms with E-state index in [0.29, 0.717) is 21.9 Å². The van der Waals surface area contributed by atoms with E-state index in [1.165, 1.54) is 16.1 Å². The van der Waals surface area contributed by atoms with Gasteiger partial charge in [0, 0.05) is 5.02 Å². The van der Waals surface area contributed by atoms with Crippen LogP contribution in [0.1, 0.15) is 17.0 Å². The fraction of sp³-hybridized carbons (Fsp3) is 0.0455. The Morgan fingerprint density at radius 3 is 2.43 bits per heavy atom. The van der Waals surface area contributed by atoms with Gasteiger partial charge < -0.3 is 0 Å². The van der Waals surface area contributed by atoms with E-state index in [4.69, 9.17) is 11.6 Å². The maximum absolute atomic E-state index is 13.4. The van der Waals surface area contributed by atoms with Crippen LogP contribution in [-0.2, 0) is 10.0 Å². The Morgan fingerprint density at radius 2 is 1.68 bits per heavy atom. The first kappa shape index (κ1) is 18.5. The second-order valence-electron chi connectivity index (χ2n) is 6.43. The first-order valence-electron chi connectivity index (χ1n) is 8.68. The number of aromatic nitrogens is 2. The molecule has 0 N–H and O–H groups in total. The van der Waals surface area contributed by atoms with Gasteiger partial charge in [-0.3, -0.25) is 0 Å². The molecule has 0 spiro atoms. The van der Waals surface area contributed by atoms with Gasteiger partial charge in [0.1, 0.15) is 5.82 Å². The fourth-order valence-electron chi connectivity index (χ4n) is 2.96.